The lowest BCUT2D eigenvalue weighted by atomic mass is 10.1. The highest BCUT2D eigenvalue weighted by Crippen LogP contribution is 2.17. The number of thiazole rings is 1. The molecule has 2 rings (SSSR count). The van der Waals surface area contributed by atoms with E-state index in [4.69, 9.17) is 5.73 Å². The highest BCUT2D eigenvalue weighted by atomic mass is 32.1. The fraction of sp³-hybridized carbons (Fsp3) is 0.333. The van der Waals surface area contributed by atoms with Crippen molar-refractivity contribution in [2.75, 3.05) is 0 Å². The molecule has 0 fully saturated rings. The third kappa shape index (κ3) is 2.65. The van der Waals surface area contributed by atoms with Gasteiger partial charge in [-0.1, -0.05) is 6.07 Å². The van der Waals surface area contributed by atoms with Crippen LogP contribution < -0.4 is 5.73 Å². The molecule has 0 amide bonds. The van der Waals surface area contributed by atoms with E-state index in [0.29, 0.717) is 0 Å². The average molecular weight is 233 g/mol. The first-order valence-electron chi connectivity index (χ1n) is 5.25. The molecule has 16 heavy (non-hydrogen) atoms. The summed E-state index contributed by atoms with van der Waals surface area (Å²) in [5, 5.41) is 3.12. The zero-order chi connectivity index (χ0) is 11.5. The molecule has 0 radical (unpaired) electrons. The summed E-state index contributed by atoms with van der Waals surface area (Å²) in [7, 11) is 0. The Labute approximate surface area is 99.4 Å². The SMILES string of the molecule is Cc1cccc(C(N)Cc2nc(C)cs2)n1. The summed E-state index contributed by atoms with van der Waals surface area (Å²) < 4.78 is 0. The average Bonchev–Trinajstić information content (AvgIpc) is 2.64. The molecule has 3 nitrogen and oxygen atoms in total. The molecule has 0 aliphatic carbocycles. The van der Waals surface area contributed by atoms with Crippen molar-refractivity contribution in [3.8, 4) is 0 Å². The van der Waals surface area contributed by atoms with Crippen molar-refractivity contribution in [1.29, 1.82) is 0 Å². The number of rotatable bonds is 3. The van der Waals surface area contributed by atoms with E-state index in [1.54, 1.807) is 11.3 Å². The second-order valence-electron chi connectivity index (χ2n) is 3.90. The van der Waals surface area contributed by atoms with Crippen molar-refractivity contribution < 1.29 is 0 Å². The Kier molecular flexibility index (Phi) is 3.31. The van der Waals surface area contributed by atoms with Crippen LogP contribution in [0.1, 0.15) is 28.1 Å². The van der Waals surface area contributed by atoms with E-state index in [0.717, 1.165) is 28.5 Å². The molecule has 2 aromatic heterocycles. The predicted molar refractivity (Wildman–Crippen MR) is 66.5 cm³/mol. The van der Waals surface area contributed by atoms with Crippen molar-refractivity contribution in [3.63, 3.8) is 0 Å². The minimum atomic E-state index is -0.0644. The zero-order valence-corrected chi connectivity index (χ0v) is 10.3. The Morgan fingerprint density at radius 3 is 2.69 bits per heavy atom. The number of nitrogens with two attached hydrogens (primary N) is 1. The largest absolute Gasteiger partial charge is 0.322 e. The van der Waals surface area contributed by atoms with E-state index in [2.05, 4.69) is 9.97 Å². The fourth-order valence-corrected chi connectivity index (χ4v) is 2.39. The second kappa shape index (κ2) is 4.72. The van der Waals surface area contributed by atoms with Gasteiger partial charge in [0.2, 0.25) is 0 Å². The molecule has 0 saturated heterocycles. The number of hydrogen-bond acceptors (Lipinski definition) is 4. The first-order valence-corrected chi connectivity index (χ1v) is 6.13. The lowest BCUT2D eigenvalue weighted by molar-refractivity contribution is 0.689. The van der Waals surface area contributed by atoms with Gasteiger partial charge in [0, 0.05) is 23.2 Å². The van der Waals surface area contributed by atoms with Gasteiger partial charge >= 0.3 is 0 Å². The normalized spacial score (nSPS) is 12.7. The van der Waals surface area contributed by atoms with Crippen LogP contribution in [0.3, 0.4) is 0 Å². The maximum Gasteiger partial charge on any atom is 0.0947 e. The monoisotopic (exact) mass is 233 g/mol. The summed E-state index contributed by atoms with van der Waals surface area (Å²) in [6.07, 6.45) is 0.759. The Bertz CT molecular complexity index is 479. The van der Waals surface area contributed by atoms with Gasteiger partial charge in [-0.15, -0.1) is 11.3 Å². The summed E-state index contributed by atoms with van der Waals surface area (Å²) in [6, 6.07) is 5.87. The maximum absolute atomic E-state index is 6.11. The summed E-state index contributed by atoms with van der Waals surface area (Å²) in [5.41, 5.74) is 9.11. The van der Waals surface area contributed by atoms with Gasteiger partial charge < -0.3 is 5.73 Å². The van der Waals surface area contributed by atoms with Crippen LogP contribution >= 0.6 is 11.3 Å². The first-order chi connectivity index (χ1) is 7.65. The van der Waals surface area contributed by atoms with Gasteiger partial charge in [-0.25, -0.2) is 4.98 Å². The second-order valence-corrected chi connectivity index (χ2v) is 4.84. The third-order valence-corrected chi connectivity index (χ3v) is 3.34. The van der Waals surface area contributed by atoms with Gasteiger partial charge in [-0.05, 0) is 26.0 Å². The molecule has 0 aliphatic heterocycles. The van der Waals surface area contributed by atoms with Crippen LogP contribution in [-0.2, 0) is 6.42 Å². The molecule has 2 heterocycles. The van der Waals surface area contributed by atoms with Gasteiger partial charge in [0.15, 0.2) is 0 Å². The molecule has 0 bridgehead atoms. The number of nitrogens with zero attached hydrogens (tertiary/aromatic N) is 2. The van der Waals surface area contributed by atoms with E-state index in [1.165, 1.54) is 0 Å². The van der Waals surface area contributed by atoms with Crippen LogP contribution in [0.25, 0.3) is 0 Å². The lowest BCUT2D eigenvalue weighted by Crippen LogP contribution is -2.15. The standard InChI is InChI=1S/C12H15N3S/c1-8-4-3-5-11(14-8)10(13)6-12-15-9(2)7-16-12/h3-5,7,10H,6,13H2,1-2H3. The fourth-order valence-electron chi connectivity index (χ4n) is 1.56. The zero-order valence-electron chi connectivity index (χ0n) is 9.47. The quantitative estimate of drug-likeness (QED) is 0.885. The molecule has 0 aliphatic rings. The molecule has 0 saturated carbocycles. The summed E-state index contributed by atoms with van der Waals surface area (Å²) >= 11 is 1.66. The Morgan fingerprint density at radius 2 is 2.06 bits per heavy atom. The Morgan fingerprint density at radius 1 is 1.25 bits per heavy atom. The summed E-state index contributed by atoms with van der Waals surface area (Å²) in [4.78, 5) is 8.84. The van der Waals surface area contributed by atoms with Crippen molar-refractivity contribution in [3.05, 3.63) is 45.7 Å². The molecule has 0 aromatic carbocycles. The third-order valence-electron chi connectivity index (χ3n) is 2.35. The molecule has 1 atom stereocenters. The number of aromatic nitrogens is 2. The highest BCUT2D eigenvalue weighted by Gasteiger charge is 2.10. The van der Waals surface area contributed by atoms with Gasteiger partial charge in [0.05, 0.1) is 16.7 Å². The minimum Gasteiger partial charge on any atom is -0.322 e. The molecule has 0 spiro atoms. The van der Waals surface area contributed by atoms with Crippen molar-refractivity contribution >= 4 is 11.3 Å². The van der Waals surface area contributed by atoms with Gasteiger partial charge in [-0.2, -0.15) is 0 Å². The maximum atomic E-state index is 6.11. The highest BCUT2D eigenvalue weighted by molar-refractivity contribution is 7.09. The molecular formula is C12H15N3S. The molecule has 84 valence electrons. The van der Waals surface area contributed by atoms with E-state index < -0.39 is 0 Å². The van der Waals surface area contributed by atoms with E-state index in [9.17, 15) is 0 Å². The number of hydrogen-bond donors (Lipinski definition) is 1. The Hall–Kier alpha value is -1.26. The summed E-state index contributed by atoms with van der Waals surface area (Å²) in [6.45, 7) is 3.97. The van der Waals surface area contributed by atoms with Gasteiger partial charge in [0.25, 0.3) is 0 Å². The van der Waals surface area contributed by atoms with Gasteiger partial charge in [0.1, 0.15) is 0 Å². The predicted octanol–water partition coefficient (Wildman–Crippen LogP) is 2.40. The van der Waals surface area contributed by atoms with E-state index in [-0.39, 0.29) is 6.04 Å². The molecule has 4 heteroatoms. The van der Waals surface area contributed by atoms with Crippen molar-refractivity contribution in [2.24, 2.45) is 5.73 Å². The van der Waals surface area contributed by atoms with Crippen molar-refractivity contribution in [2.45, 2.75) is 26.3 Å². The topological polar surface area (TPSA) is 51.8 Å². The molecule has 2 aromatic rings. The number of pyridine rings is 1. The molecule has 2 N–H and O–H groups in total. The summed E-state index contributed by atoms with van der Waals surface area (Å²) in [5.74, 6) is 0. The van der Waals surface area contributed by atoms with Crippen LogP contribution in [0.15, 0.2) is 23.6 Å². The van der Waals surface area contributed by atoms with Crippen LogP contribution in [-0.4, -0.2) is 9.97 Å². The first kappa shape index (κ1) is 11.2. The van der Waals surface area contributed by atoms with Crippen LogP contribution in [0.2, 0.25) is 0 Å². The lowest BCUT2D eigenvalue weighted by Gasteiger charge is -2.09. The van der Waals surface area contributed by atoms with E-state index in [1.807, 2.05) is 37.4 Å². The van der Waals surface area contributed by atoms with Gasteiger partial charge in [-0.3, -0.25) is 4.98 Å². The molecule has 1 unspecified atom stereocenters. The smallest absolute Gasteiger partial charge is 0.0947 e. The van der Waals surface area contributed by atoms with Crippen molar-refractivity contribution in [1.82, 2.24) is 9.97 Å². The van der Waals surface area contributed by atoms with Crippen LogP contribution in [0.4, 0.5) is 0 Å². The Balaban J connectivity index is 2.11. The molecular weight excluding hydrogens is 218 g/mol. The number of aryl methyl sites for hydroxylation is 2. The van der Waals surface area contributed by atoms with E-state index >= 15 is 0 Å². The van der Waals surface area contributed by atoms with Crippen LogP contribution in [0.5, 0.6) is 0 Å². The minimum absolute atomic E-state index is 0.0644. The van der Waals surface area contributed by atoms with Crippen LogP contribution in [0, 0.1) is 13.8 Å².